The number of H-pyrrole nitrogens is 1. The number of nitrogens with one attached hydrogen (secondary N) is 1. The Kier molecular flexibility index (Phi) is 2.00. The van der Waals surface area contributed by atoms with Gasteiger partial charge in [-0.2, -0.15) is 10.2 Å². The van der Waals surface area contributed by atoms with Gasteiger partial charge < -0.3 is 0 Å². The Morgan fingerprint density at radius 1 is 1.12 bits per heavy atom. The van der Waals surface area contributed by atoms with Crippen LogP contribution in [0.5, 0.6) is 0 Å². The van der Waals surface area contributed by atoms with Gasteiger partial charge in [-0.1, -0.05) is 0 Å². The van der Waals surface area contributed by atoms with Crippen LogP contribution in [0.4, 0.5) is 0 Å². The summed E-state index contributed by atoms with van der Waals surface area (Å²) in [6.07, 6.45) is 8.95. The third kappa shape index (κ3) is 1.48. The van der Waals surface area contributed by atoms with E-state index < -0.39 is 0 Å². The quantitative estimate of drug-likeness (QED) is 0.701. The minimum Gasteiger partial charge on any atom is -0.278 e. The van der Waals surface area contributed by atoms with Gasteiger partial charge in [-0.25, -0.2) is 4.68 Å². The second-order valence-electron chi connectivity index (χ2n) is 3.36. The zero-order chi connectivity index (χ0) is 10.8. The molecule has 0 aliphatic rings. The number of aromatic amines is 1. The first-order valence-electron chi connectivity index (χ1n) is 4.88. The van der Waals surface area contributed by atoms with Gasteiger partial charge in [0.2, 0.25) is 0 Å². The molecule has 5 heteroatoms. The molecule has 0 aliphatic heterocycles. The summed E-state index contributed by atoms with van der Waals surface area (Å²) in [5.74, 6) is 0. The lowest BCUT2D eigenvalue weighted by atomic mass is 10.3. The fraction of sp³-hybridized carbons (Fsp3) is 0. The van der Waals surface area contributed by atoms with Crippen molar-refractivity contribution in [3.8, 4) is 16.9 Å². The molecule has 0 amide bonds. The summed E-state index contributed by atoms with van der Waals surface area (Å²) in [6.45, 7) is 0. The van der Waals surface area contributed by atoms with Crippen molar-refractivity contribution in [2.75, 3.05) is 0 Å². The van der Waals surface area contributed by atoms with E-state index in [0.29, 0.717) is 0 Å². The average molecular weight is 211 g/mol. The maximum Gasteiger partial charge on any atom is 0.0828 e. The first kappa shape index (κ1) is 8.84. The molecule has 3 aromatic rings. The van der Waals surface area contributed by atoms with Crippen LogP contribution in [0.15, 0.2) is 49.2 Å². The highest BCUT2D eigenvalue weighted by Gasteiger charge is 2.03. The lowest BCUT2D eigenvalue weighted by Gasteiger charge is -1.97. The highest BCUT2D eigenvalue weighted by Crippen LogP contribution is 2.16. The Hall–Kier alpha value is -2.43. The van der Waals surface area contributed by atoms with E-state index in [-0.39, 0.29) is 0 Å². The normalized spacial score (nSPS) is 10.5. The van der Waals surface area contributed by atoms with Gasteiger partial charge in [-0.3, -0.25) is 10.1 Å². The molecule has 0 aliphatic carbocycles. The van der Waals surface area contributed by atoms with Crippen molar-refractivity contribution < 1.29 is 0 Å². The maximum atomic E-state index is 4.27. The van der Waals surface area contributed by atoms with E-state index in [1.165, 1.54) is 0 Å². The summed E-state index contributed by atoms with van der Waals surface area (Å²) in [7, 11) is 0. The summed E-state index contributed by atoms with van der Waals surface area (Å²) in [5.41, 5.74) is 2.89. The molecular formula is C11H9N5. The Labute approximate surface area is 91.8 Å². The summed E-state index contributed by atoms with van der Waals surface area (Å²) < 4.78 is 1.78. The van der Waals surface area contributed by atoms with E-state index >= 15 is 0 Å². The van der Waals surface area contributed by atoms with Gasteiger partial charge in [0.15, 0.2) is 0 Å². The van der Waals surface area contributed by atoms with Gasteiger partial charge >= 0.3 is 0 Å². The maximum absolute atomic E-state index is 4.27. The molecule has 16 heavy (non-hydrogen) atoms. The molecule has 1 N–H and O–H groups in total. The Bertz CT molecular complexity index is 567. The predicted molar refractivity (Wildman–Crippen MR) is 58.9 cm³/mol. The fourth-order valence-electron chi connectivity index (χ4n) is 1.51. The van der Waals surface area contributed by atoms with Crippen molar-refractivity contribution in [1.82, 2.24) is 25.0 Å². The zero-order valence-electron chi connectivity index (χ0n) is 8.41. The lowest BCUT2D eigenvalue weighted by molar-refractivity contribution is 0.874. The molecule has 0 atom stereocenters. The molecule has 0 spiro atoms. The lowest BCUT2D eigenvalue weighted by Crippen LogP contribution is -1.93. The van der Waals surface area contributed by atoms with E-state index in [0.717, 1.165) is 16.9 Å². The minimum atomic E-state index is 0.938. The molecule has 0 saturated carbocycles. The number of pyridine rings is 1. The number of hydrogen-bond donors (Lipinski definition) is 1. The topological polar surface area (TPSA) is 59.4 Å². The van der Waals surface area contributed by atoms with Crippen molar-refractivity contribution in [1.29, 1.82) is 0 Å². The molecule has 0 aromatic carbocycles. The molecular weight excluding hydrogens is 202 g/mol. The highest BCUT2D eigenvalue weighted by molar-refractivity contribution is 5.56. The largest absolute Gasteiger partial charge is 0.278 e. The molecule has 3 aromatic heterocycles. The Balaban J connectivity index is 2.00. The van der Waals surface area contributed by atoms with Crippen molar-refractivity contribution in [3.63, 3.8) is 0 Å². The fourth-order valence-corrected chi connectivity index (χ4v) is 1.51. The van der Waals surface area contributed by atoms with Crippen LogP contribution in [0.25, 0.3) is 16.9 Å². The second kappa shape index (κ2) is 3.62. The Morgan fingerprint density at radius 2 is 2.12 bits per heavy atom. The summed E-state index contributed by atoms with van der Waals surface area (Å²) in [5, 5.41) is 11.1. The van der Waals surface area contributed by atoms with Crippen LogP contribution >= 0.6 is 0 Å². The first-order valence-corrected chi connectivity index (χ1v) is 4.88. The third-order valence-electron chi connectivity index (χ3n) is 2.30. The van der Waals surface area contributed by atoms with Gasteiger partial charge in [-0.05, 0) is 18.2 Å². The van der Waals surface area contributed by atoms with Gasteiger partial charge in [0.1, 0.15) is 0 Å². The molecule has 5 nitrogen and oxygen atoms in total. The van der Waals surface area contributed by atoms with Crippen molar-refractivity contribution in [2.45, 2.75) is 0 Å². The van der Waals surface area contributed by atoms with E-state index in [9.17, 15) is 0 Å². The number of nitrogens with zero attached hydrogens (tertiary/aromatic N) is 4. The van der Waals surface area contributed by atoms with Crippen LogP contribution in [-0.4, -0.2) is 25.0 Å². The van der Waals surface area contributed by atoms with Gasteiger partial charge in [0.25, 0.3) is 0 Å². The van der Waals surface area contributed by atoms with Crippen molar-refractivity contribution in [2.24, 2.45) is 0 Å². The van der Waals surface area contributed by atoms with Gasteiger partial charge in [0, 0.05) is 24.2 Å². The number of aromatic nitrogens is 5. The summed E-state index contributed by atoms with van der Waals surface area (Å²) in [6, 6.07) is 5.74. The smallest absolute Gasteiger partial charge is 0.0828 e. The first-order chi connectivity index (χ1) is 7.93. The van der Waals surface area contributed by atoms with Crippen LogP contribution in [0.3, 0.4) is 0 Å². The van der Waals surface area contributed by atoms with E-state index in [1.807, 2.05) is 24.4 Å². The average Bonchev–Trinajstić information content (AvgIpc) is 3.01. The SMILES string of the molecule is c1cncc(-n2cc(-c3ccn[nH]3)cn2)c1. The van der Waals surface area contributed by atoms with Crippen LogP contribution in [-0.2, 0) is 0 Å². The summed E-state index contributed by atoms with van der Waals surface area (Å²) >= 11 is 0. The van der Waals surface area contributed by atoms with Crippen molar-refractivity contribution in [3.05, 3.63) is 49.2 Å². The van der Waals surface area contributed by atoms with Crippen LogP contribution in [0.2, 0.25) is 0 Å². The highest BCUT2D eigenvalue weighted by atomic mass is 15.3. The van der Waals surface area contributed by atoms with Crippen molar-refractivity contribution >= 4 is 0 Å². The van der Waals surface area contributed by atoms with E-state index in [2.05, 4.69) is 20.3 Å². The van der Waals surface area contributed by atoms with Gasteiger partial charge in [0.05, 0.1) is 23.8 Å². The van der Waals surface area contributed by atoms with E-state index in [1.54, 1.807) is 29.5 Å². The molecule has 3 rings (SSSR count). The molecule has 0 unspecified atom stereocenters. The molecule has 78 valence electrons. The van der Waals surface area contributed by atoms with Gasteiger partial charge in [-0.15, -0.1) is 0 Å². The molecule has 0 radical (unpaired) electrons. The monoisotopic (exact) mass is 211 g/mol. The zero-order valence-corrected chi connectivity index (χ0v) is 8.41. The van der Waals surface area contributed by atoms with Crippen LogP contribution in [0.1, 0.15) is 0 Å². The standard InChI is InChI=1S/C11H9N5/c1-2-10(7-12-4-1)16-8-9(6-14-16)11-3-5-13-15-11/h1-8H,(H,13,15). The molecule has 0 saturated heterocycles. The van der Waals surface area contributed by atoms with Crippen LogP contribution < -0.4 is 0 Å². The number of hydrogen-bond acceptors (Lipinski definition) is 3. The molecule has 0 fully saturated rings. The second-order valence-corrected chi connectivity index (χ2v) is 3.36. The van der Waals surface area contributed by atoms with E-state index in [4.69, 9.17) is 0 Å². The molecule has 0 bridgehead atoms. The molecule has 3 heterocycles. The van der Waals surface area contributed by atoms with Crippen LogP contribution in [0, 0.1) is 0 Å². The Morgan fingerprint density at radius 3 is 2.88 bits per heavy atom. The predicted octanol–water partition coefficient (Wildman–Crippen LogP) is 1.66. The minimum absolute atomic E-state index is 0.938. The third-order valence-corrected chi connectivity index (χ3v) is 2.30. The summed E-state index contributed by atoms with van der Waals surface area (Å²) in [4.78, 5) is 4.05. The number of rotatable bonds is 2.